The summed E-state index contributed by atoms with van der Waals surface area (Å²) in [5.74, 6) is 0.0528. The molecule has 0 radical (unpaired) electrons. The van der Waals surface area contributed by atoms with Crippen molar-refractivity contribution in [3.63, 3.8) is 0 Å². The summed E-state index contributed by atoms with van der Waals surface area (Å²) in [6.07, 6.45) is 0. The molecule has 0 aliphatic rings. The molecule has 2 rings (SSSR count). The summed E-state index contributed by atoms with van der Waals surface area (Å²) < 4.78 is 28.0. The fourth-order valence-corrected chi connectivity index (χ4v) is 3.50. The number of benzene rings is 2. The van der Waals surface area contributed by atoms with Crippen LogP contribution in [-0.2, 0) is 10.0 Å². The summed E-state index contributed by atoms with van der Waals surface area (Å²) in [6.45, 7) is 10.2. The van der Waals surface area contributed by atoms with Gasteiger partial charge in [0.05, 0.1) is 4.90 Å². The zero-order chi connectivity index (χ0) is 19.5. The number of anilines is 1. The van der Waals surface area contributed by atoms with E-state index in [1.165, 1.54) is 12.1 Å². The minimum Gasteiger partial charge on any atom is -0.352 e. The largest absolute Gasteiger partial charge is 0.352 e. The number of sulfonamides is 1. The maximum Gasteiger partial charge on any atom is 0.261 e. The molecular formula is C20H26N2O3S. The summed E-state index contributed by atoms with van der Waals surface area (Å²) in [5.41, 5.74) is 3.69. The third-order valence-electron chi connectivity index (χ3n) is 4.19. The summed E-state index contributed by atoms with van der Waals surface area (Å²) in [5, 5.41) is 2.83. The Morgan fingerprint density at radius 2 is 1.62 bits per heavy atom. The predicted molar refractivity (Wildman–Crippen MR) is 105 cm³/mol. The van der Waals surface area contributed by atoms with Crippen LogP contribution in [0.5, 0.6) is 0 Å². The second kappa shape index (κ2) is 7.91. The summed E-state index contributed by atoms with van der Waals surface area (Å²) in [7, 11) is -3.78. The number of rotatable bonds is 6. The van der Waals surface area contributed by atoms with Gasteiger partial charge in [0.25, 0.3) is 15.9 Å². The van der Waals surface area contributed by atoms with Crippen molar-refractivity contribution in [3.05, 3.63) is 58.7 Å². The molecule has 0 aliphatic carbocycles. The molecule has 0 saturated heterocycles. The Morgan fingerprint density at radius 1 is 0.962 bits per heavy atom. The van der Waals surface area contributed by atoms with Crippen LogP contribution < -0.4 is 10.0 Å². The minimum atomic E-state index is -3.78. The highest BCUT2D eigenvalue weighted by Crippen LogP contribution is 2.21. The van der Waals surface area contributed by atoms with Gasteiger partial charge in [-0.25, -0.2) is 8.42 Å². The van der Waals surface area contributed by atoms with E-state index in [2.05, 4.69) is 10.0 Å². The van der Waals surface area contributed by atoms with Gasteiger partial charge < -0.3 is 5.32 Å². The van der Waals surface area contributed by atoms with Gasteiger partial charge in [0.15, 0.2) is 0 Å². The molecule has 26 heavy (non-hydrogen) atoms. The number of amides is 1. The van der Waals surface area contributed by atoms with Crippen LogP contribution >= 0.6 is 0 Å². The van der Waals surface area contributed by atoms with Gasteiger partial charge in [-0.05, 0) is 67.6 Å². The first-order valence-corrected chi connectivity index (χ1v) is 10.1. The fourth-order valence-electron chi connectivity index (χ4n) is 2.42. The molecule has 0 heterocycles. The Morgan fingerprint density at radius 3 is 2.23 bits per heavy atom. The smallest absolute Gasteiger partial charge is 0.261 e. The van der Waals surface area contributed by atoms with Gasteiger partial charge >= 0.3 is 0 Å². The lowest BCUT2D eigenvalue weighted by Gasteiger charge is -2.13. The highest BCUT2D eigenvalue weighted by molar-refractivity contribution is 7.92. The molecular weight excluding hydrogens is 348 g/mol. The average molecular weight is 375 g/mol. The van der Waals surface area contributed by atoms with Crippen molar-refractivity contribution in [2.24, 2.45) is 5.92 Å². The normalized spacial score (nSPS) is 11.5. The van der Waals surface area contributed by atoms with Crippen molar-refractivity contribution >= 4 is 21.6 Å². The lowest BCUT2D eigenvalue weighted by atomic mass is 10.1. The highest BCUT2D eigenvalue weighted by atomic mass is 32.2. The average Bonchev–Trinajstić information content (AvgIpc) is 2.56. The van der Waals surface area contributed by atoms with Gasteiger partial charge in [-0.15, -0.1) is 0 Å². The van der Waals surface area contributed by atoms with Crippen molar-refractivity contribution in [1.29, 1.82) is 0 Å². The van der Waals surface area contributed by atoms with Crippen molar-refractivity contribution in [2.45, 2.75) is 39.5 Å². The Hall–Kier alpha value is -2.34. The number of hydrogen-bond acceptors (Lipinski definition) is 3. The van der Waals surface area contributed by atoms with Crippen molar-refractivity contribution in [1.82, 2.24) is 5.32 Å². The molecule has 2 N–H and O–H groups in total. The fraction of sp³-hybridized carbons (Fsp3) is 0.350. The maximum atomic E-state index is 12.7. The molecule has 5 nitrogen and oxygen atoms in total. The first kappa shape index (κ1) is 20.0. The van der Waals surface area contributed by atoms with Crippen LogP contribution in [0.1, 0.15) is 40.9 Å². The Bertz CT molecular complexity index is 919. The predicted octanol–water partition coefficient (Wildman–Crippen LogP) is 3.80. The van der Waals surface area contributed by atoms with Crippen molar-refractivity contribution in [3.8, 4) is 0 Å². The molecule has 140 valence electrons. The van der Waals surface area contributed by atoms with Crippen LogP contribution in [0.4, 0.5) is 5.69 Å². The molecule has 1 amide bonds. The minimum absolute atomic E-state index is 0.0658. The topological polar surface area (TPSA) is 75.3 Å². The molecule has 6 heteroatoms. The Kier molecular flexibility index (Phi) is 6.08. The molecule has 0 bridgehead atoms. The van der Waals surface area contributed by atoms with Crippen LogP contribution in [0.15, 0.2) is 41.3 Å². The quantitative estimate of drug-likeness (QED) is 0.807. The number of aryl methyl sites for hydroxylation is 3. The number of hydrogen-bond donors (Lipinski definition) is 2. The van der Waals surface area contributed by atoms with Gasteiger partial charge in [-0.2, -0.15) is 0 Å². The molecule has 0 unspecified atom stereocenters. The van der Waals surface area contributed by atoms with Gasteiger partial charge in [0, 0.05) is 17.8 Å². The van der Waals surface area contributed by atoms with Gasteiger partial charge in [-0.3, -0.25) is 9.52 Å². The van der Waals surface area contributed by atoms with Gasteiger partial charge in [0.1, 0.15) is 0 Å². The number of nitrogens with one attached hydrogen (secondary N) is 2. The lowest BCUT2D eigenvalue weighted by Crippen LogP contribution is -2.28. The lowest BCUT2D eigenvalue weighted by molar-refractivity contribution is 0.0948. The van der Waals surface area contributed by atoms with Gasteiger partial charge in [-0.1, -0.05) is 26.0 Å². The third kappa shape index (κ3) is 4.85. The molecule has 0 aliphatic heterocycles. The Labute approximate surface area is 155 Å². The van der Waals surface area contributed by atoms with Crippen molar-refractivity contribution in [2.75, 3.05) is 11.3 Å². The van der Waals surface area contributed by atoms with E-state index in [4.69, 9.17) is 0 Å². The van der Waals surface area contributed by atoms with E-state index in [0.29, 0.717) is 23.7 Å². The van der Waals surface area contributed by atoms with Crippen LogP contribution in [0, 0.1) is 26.7 Å². The van der Waals surface area contributed by atoms with E-state index in [-0.39, 0.29) is 10.8 Å². The first-order valence-electron chi connectivity index (χ1n) is 8.59. The SMILES string of the molecule is Cc1ccc(NS(=O)(=O)c2ccc(C)c(C(=O)NCC(C)C)c2)cc1C. The highest BCUT2D eigenvalue weighted by Gasteiger charge is 2.18. The molecule has 2 aromatic carbocycles. The van der Waals surface area contributed by atoms with E-state index >= 15 is 0 Å². The molecule has 0 atom stereocenters. The molecule has 0 spiro atoms. The van der Waals surface area contributed by atoms with E-state index < -0.39 is 10.0 Å². The van der Waals surface area contributed by atoms with Crippen LogP contribution in [0.3, 0.4) is 0 Å². The molecule has 0 saturated carbocycles. The summed E-state index contributed by atoms with van der Waals surface area (Å²) >= 11 is 0. The summed E-state index contributed by atoms with van der Waals surface area (Å²) in [4.78, 5) is 12.4. The second-order valence-corrected chi connectivity index (χ2v) is 8.67. The Balaban J connectivity index is 2.30. The van der Waals surface area contributed by atoms with E-state index in [9.17, 15) is 13.2 Å². The molecule has 0 fully saturated rings. The van der Waals surface area contributed by atoms with Crippen LogP contribution in [-0.4, -0.2) is 20.9 Å². The molecule has 0 aromatic heterocycles. The monoisotopic (exact) mass is 374 g/mol. The van der Waals surface area contributed by atoms with E-state index in [1.807, 2.05) is 33.8 Å². The summed E-state index contributed by atoms with van der Waals surface area (Å²) in [6, 6.07) is 9.97. The third-order valence-corrected chi connectivity index (χ3v) is 5.57. The zero-order valence-corrected chi connectivity index (χ0v) is 16.7. The van der Waals surface area contributed by atoms with Crippen LogP contribution in [0.25, 0.3) is 0 Å². The van der Waals surface area contributed by atoms with Crippen molar-refractivity contribution < 1.29 is 13.2 Å². The maximum absolute atomic E-state index is 12.7. The second-order valence-electron chi connectivity index (χ2n) is 6.99. The first-order chi connectivity index (χ1) is 12.1. The van der Waals surface area contributed by atoms with E-state index in [1.54, 1.807) is 25.1 Å². The number of carbonyl (C=O) groups excluding carboxylic acids is 1. The van der Waals surface area contributed by atoms with E-state index in [0.717, 1.165) is 16.7 Å². The molecule has 2 aromatic rings. The van der Waals surface area contributed by atoms with Gasteiger partial charge in [0.2, 0.25) is 0 Å². The standard InChI is InChI=1S/C20H26N2O3S/c1-13(2)12-21-20(23)19-11-18(9-7-15(19)4)26(24,25)22-17-8-6-14(3)16(5)10-17/h6-11,13,22H,12H2,1-5H3,(H,21,23). The number of carbonyl (C=O) groups is 1. The zero-order valence-electron chi connectivity index (χ0n) is 15.9. The van der Waals surface area contributed by atoms with Crippen LogP contribution in [0.2, 0.25) is 0 Å².